The van der Waals surface area contributed by atoms with Gasteiger partial charge in [0.1, 0.15) is 0 Å². The van der Waals surface area contributed by atoms with Gasteiger partial charge < -0.3 is 5.11 Å². The Morgan fingerprint density at radius 2 is 1.86 bits per heavy atom. The molecular weight excluding hydrogens is 198 g/mol. The van der Waals surface area contributed by atoms with Crippen molar-refractivity contribution in [3.8, 4) is 0 Å². The lowest BCUT2D eigenvalue weighted by Crippen LogP contribution is -1.81. The summed E-state index contributed by atoms with van der Waals surface area (Å²) in [6.07, 6.45) is 2.74. The fourth-order valence-electron chi connectivity index (χ4n) is 1.24. The molecule has 0 amide bonds. The minimum Gasteiger partial charge on any atom is -0.483 e. The quantitative estimate of drug-likeness (QED) is 0.581. The number of nitrogens with two attached hydrogens (primary N) is 1. The van der Waals surface area contributed by atoms with Crippen molar-refractivity contribution in [3.63, 3.8) is 0 Å². The third-order valence-electron chi connectivity index (χ3n) is 2.06. The molecule has 3 N–H and O–H groups in total. The number of benzene rings is 1. The molecule has 1 aromatic rings. The summed E-state index contributed by atoms with van der Waals surface area (Å²) in [5, 5.41) is 12.3. The van der Waals surface area contributed by atoms with Crippen LogP contribution in [-0.2, 0) is 4.79 Å². The molecule has 0 heterocycles. The lowest BCUT2D eigenvalue weighted by atomic mass is 10.1. The Morgan fingerprint density at radius 1 is 1.36 bits per heavy atom. The van der Waals surface area contributed by atoms with Crippen LogP contribution in [0.3, 0.4) is 0 Å². The van der Waals surface area contributed by atoms with E-state index in [4.69, 9.17) is 15.0 Å². The molecule has 1 saturated carbocycles. The summed E-state index contributed by atoms with van der Waals surface area (Å²) in [4.78, 5) is 9.51. The molecule has 0 unspecified atom stereocenters. The Labute approximate surface area is 87.4 Å². The van der Waals surface area contributed by atoms with Crippen LogP contribution >= 0.6 is 11.9 Å². The standard InChI is InChI=1S/C9H11NS.CH2O2/c10-11-9-5-3-8(4-6-9)7-1-2-7;2-1-3/h3-7H,1-2,10H2;1H,(H,2,3). The summed E-state index contributed by atoms with van der Waals surface area (Å²) in [5.74, 6) is 0.854. The normalized spacial score (nSPS) is 14.1. The Balaban J connectivity index is 0.000000293. The summed E-state index contributed by atoms with van der Waals surface area (Å²) < 4.78 is 0. The first-order chi connectivity index (χ1) is 6.81. The van der Waals surface area contributed by atoms with Crippen LogP contribution in [0, 0.1) is 0 Å². The van der Waals surface area contributed by atoms with Gasteiger partial charge >= 0.3 is 0 Å². The molecule has 76 valence electrons. The molecule has 0 aliphatic heterocycles. The fourth-order valence-corrected chi connectivity index (χ4v) is 1.53. The number of carbonyl (C=O) groups is 1. The molecule has 1 aromatic carbocycles. The maximum absolute atomic E-state index is 8.36. The number of hydrogen-bond donors (Lipinski definition) is 2. The molecule has 0 radical (unpaired) electrons. The van der Waals surface area contributed by atoms with Crippen LogP contribution in [0.15, 0.2) is 29.2 Å². The van der Waals surface area contributed by atoms with E-state index in [0.29, 0.717) is 0 Å². The monoisotopic (exact) mass is 211 g/mol. The van der Waals surface area contributed by atoms with Gasteiger partial charge in [0.15, 0.2) is 0 Å². The van der Waals surface area contributed by atoms with Crippen molar-refractivity contribution in [3.05, 3.63) is 29.8 Å². The Bertz CT molecular complexity index is 283. The molecule has 4 heteroatoms. The van der Waals surface area contributed by atoms with Crippen molar-refractivity contribution in [2.45, 2.75) is 23.7 Å². The van der Waals surface area contributed by atoms with Crippen molar-refractivity contribution in [1.82, 2.24) is 0 Å². The summed E-state index contributed by atoms with van der Waals surface area (Å²) >= 11 is 1.31. The molecule has 3 nitrogen and oxygen atoms in total. The second-order valence-electron chi connectivity index (χ2n) is 3.07. The van der Waals surface area contributed by atoms with E-state index < -0.39 is 0 Å². The number of carboxylic acid groups (broad SMARTS) is 1. The van der Waals surface area contributed by atoms with E-state index in [1.54, 1.807) is 0 Å². The lowest BCUT2D eigenvalue weighted by molar-refractivity contribution is -0.122. The summed E-state index contributed by atoms with van der Waals surface area (Å²) in [6, 6.07) is 8.57. The van der Waals surface area contributed by atoms with Crippen LogP contribution in [0.2, 0.25) is 0 Å². The number of hydrogen-bond acceptors (Lipinski definition) is 3. The molecule has 0 saturated heterocycles. The SMILES string of the molecule is NSc1ccc(C2CC2)cc1.O=CO. The maximum atomic E-state index is 8.36. The fraction of sp³-hybridized carbons (Fsp3) is 0.300. The van der Waals surface area contributed by atoms with Crippen LogP contribution in [0.4, 0.5) is 0 Å². The van der Waals surface area contributed by atoms with Crippen molar-refractivity contribution in [1.29, 1.82) is 0 Å². The molecule has 1 fully saturated rings. The van der Waals surface area contributed by atoms with E-state index in [-0.39, 0.29) is 6.47 Å². The zero-order valence-electron chi connectivity index (χ0n) is 7.72. The second kappa shape index (κ2) is 5.67. The second-order valence-corrected chi connectivity index (χ2v) is 3.77. The minimum atomic E-state index is -0.250. The summed E-state index contributed by atoms with van der Waals surface area (Å²) in [5.41, 5.74) is 1.47. The van der Waals surface area contributed by atoms with Crippen LogP contribution in [0.5, 0.6) is 0 Å². The highest BCUT2D eigenvalue weighted by Gasteiger charge is 2.22. The van der Waals surface area contributed by atoms with Gasteiger partial charge in [-0.25, -0.2) is 0 Å². The van der Waals surface area contributed by atoms with Gasteiger partial charge in [0.25, 0.3) is 6.47 Å². The first kappa shape index (κ1) is 11.1. The Kier molecular flexibility index (Phi) is 4.49. The topological polar surface area (TPSA) is 63.3 Å². The van der Waals surface area contributed by atoms with Gasteiger partial charge in [-0.1, -0.05) is 12.1 Å². The Morgan fingerprint density at radius 3 is 2.21 bits per heavy atom. The average Bonchev–Trinajstić information content (AvgIpc) is 3.03. The van der Waals surface area contributed by atoms with Crippen molar-refractivity contribution in [2.24, 2.45) is 5.14 Å². The largest absolute Gasteiger partial charge is 0.483 e. The van der Waals surface area contributed by atoms with Crippen molar-refractivity contribution >= 4 is 18.4 Å². The first-order valence-electron chi connectivity index (χ1n) is 4.36. The van der Waals surface area contributed by atoms with Crippen molar-refractivity contribution < 1.29 is 9.90 Å². The lowest BCUT2D eigenvalue weighted by Gasteiger charge is -1.98. The van der Waals surface area contributed by atoms with Crippen LogP contribution in [-0.4, -0.2) is 11.6 Å². The van der Waals surface area contributed by atoms with E-state index in [2.05, 4.69) is 24.3 Å². The van der Waals surface area contributed by atoms with Crippen molar-refractivity contribution in [2.75, 3.05) is 0 Å². The van der Waals surface area contributed by atoms with Crippen LogP contribution in [0.1, 0.15) is 24.3 Å². The van der Waals surface area contributed by atoms with Crippen LogP contribution < -0.4 is 5.14 Å². The molecule has 1 aliphatic rings. The van der Waals surface area contributed by atoms with Gasteiger partial charge in [0.05, 0.1) is 0 Å². The van der Waals surface area contributed by atoms with E-state index >= 15 is 0 Å². The van der Waals surface area contributed by atoms with Crippen LogP contribution in [0.25, 0.3) is 0 Å². The third-order valence-corrected chi connectivity index (χ3v) is 2.61. The predicted octanol–water partition coefficient (Wildman–Crippen LogP) is 2.23. The van der Waals surface area contributed by atoms with Gasteiger partial charge in [-0.3, -0.25) is 9.93 Å². The molecular formula is C10H13NO2S. The van der Waals surface area contributed by atoms with Gasteiger partial charge in [-0.05, 0) is 48.4 Å². The van der Waals surface area contributed by atoms with E-state index in [0.717, 1.165) is 10.8 Å². The molecule has 14 heavy (non-hydrogen) atoms. The highest BCUT2D eigenvalue weighted by Crippen LogP contribution is 2.40. The van der Waals surface area contributed by atoms with E-state index in [1.807, 2.05) is 0 Å². The Hall–Kier alpha value is -1.00. The van der Waals surface area contributed by atoms with E-state index in [9.17, 15) is 0 Å². The molecule has 2 rings (SSSR count). The van der Waals surface area contributed by atoms with Gasteiger partial charge in [0.2, 0.25) is 0 Å². The molecule has 0 bridgehead atoms. The minimum absolute atomic E-state index is 0.250. The van der Waals surface area contributed by atoms with Gasteiger partial charge in [-0.15, -0.1) is 0 Å². The highest BCUT2D eigenvalue weighted by atomic mass is 32.2. The predicted molar refractivity (Wildman–Crippen MR) is 57.2 cm³/mol. The zero-order valence-corrected chi connectivity index (χ0v) is 8.54. The van der Waals surface area contributed by atoms with Gasteiger partial charge in [-0.2, -0.15) is 0 Å². The first-order valence-corrected chi connectivity index (χ1v) is 5.24. The molecule has 0 atom stereocenters. The summed E-state index contributed by atoms with van der Waals surface area (Å²) in [6.45, 7) is -0.250. The molecule has 0 spiro atoms. The highest BCUT2D eigenvalue weighted by molar-refractivity contribution is 7.97. The zero-order chi connectivity index (χ0) is 10.4. The molecule has 1 aliphatic carbocycles. The summed E-state index contributed by atoms with van der Waals surface area (Å²) in [7, 11) is 0. The maximum Gasteiger partial charge on any atom is 0.290 e. The van der Waals surface area contributed by atoms with E-state index in [1.165, 1.54) is 30.4 Å². The number of rotatable bonds is 2. The molecule has 0 aromatic heterocycles. The van der Waals surface area contributed by atoms with Gasteiger partial charge in [0, 0.05) is 4.90 Å². The third kappa shape index (κ3) is 3.40. The average molecular weight is 211 g/mol. The smallest absolute Gasteiger partial charge is 0.290 e.